The van der Waals surface area contributed by atoms with Crippen molar-refractivity contribution in [3.8, 4) is 0 Å². The van der Waals surface area contributed by atoms with Gasteiger partial charge in [-0.1, -0.05) is 23.7 Å². The molecule has 5 nitrogen and oxygen atoms in total. The summed E-state index contributed by atoms with van der Waals surface area (Å²) in [6, 6.07) is 7.99. The van der Waals surface area contributed by atoms with Gasteiger partial charge in [0, 0.05) is 17.6 Å². The van der Waals surface area contributed by atoms with Crippen LogP contribution in [0.1, 0.15) is 29.9 Å². The lowest BCUT2D eigenvalue weighted by atomic mass is 10.1. The minimum Gasteiger partial charge on any atom is -0.353 e. The fraction of sp³-hybridized carbons (Fsp3) is 0.333. The molecule has 0 fully saturated rings. The minimum absolute atomic E-state index is 0.154. The summed E-state index contributed by atoms with van der Waals surface area (Å²) in [6.45, 7) is 5.93. The van der Waals surface area contributed by atoms with Crippen molar-refractivity contribution < 1.29 is 0 Å². The number of halogens is 1. The van der Waals surface area contributed by atoms with Crippen molar-refractivity contribution >= 4 is 23.2 Å². The van der Waals surface area contributed by atoms with Crippen LogP contribution in [0.15, 0.2) is 24.3 Å². The first-order chi connectivity index (χ1) is 9.93. The molecule has 0 aliphatic heterocycles. The number of hydrogen-bond donors (Lipinski definition) is 2. The van der Waals surface area contributed by atoms with Gasteiger partial charge in [0.2, 0.25) is 0 Å². The van der Waals surface area contributed by atoms with Crippen molar-refractivity contribution in [2.45, 2.75) is 26.8 Å². The van der Waals surface area contributed by atoms with Crippen molar-refractivity contribution in [3.63, 3.8) is 0 Å². The van der Waals surface area contributed by atoms with E-state index in [9.17, 15) is 0 Å². The second kappa shape index (κ2) is 6.28. The van der Waals surface area contributed by atoms with Crippen LogP contribution in [-0.4, -0.2) is 17.0 Å². The van der Waals surface area contributed by atoms with E-state index in [1.807, 2.05) is 45.2 Å². The molecule has 112 valence electrons. The van der Waals surface area contributed by atoms with Crippen LogP contribution >= 0.6 is 11.6 Å². The maximum Gasteiger partial charge on any atom is 0.148 e. The summed E-state index contributed by atoms with van der Waals surface area (Å²) >= 11 is 5.94. The average molecular weight is 306 g/mol. The van der Waals surface area contributed by atoms with Crippen LogP contribution in [0.4, 0.5) is 11.6 Å². The van der Waals surface area contributed by atoms with E-state index in [0.717, 1.165) is 16.4 Å². The molecule has 0 amide bonds. The molecule has 0 aliphatic carbocycles. The molecule has 1 aromatic heterocycles. The van der Waals surface area contributed by atoms with E-state index in [-0.39, 0.29) is 6.04 Å². The first kappa shape index (κ1) is 15.5. The summed E-state index contributed by atoms with van der Waals surface area (Å²) in [5.74, 6) is 7.70. The number of benzene rings is 1. The lowest BCUT2D eigenvalue weighted by molar-refractivity contribution is 0.721. The Kier molecular flexibility index (Phi) is 4.65. The number of nitrogens with zero attached hydrogens (tertiary/aromatic N) is 3. The lowest BCUT2D eigenvalue weighted by Crippen LogP contribution is -2.25. The fourth-order valence-corrected chi connectivity index (χ4v) is 2.37. The zero-order valence-electron chi connectivity index (χ0n) is 12.7. The van der Waals surface area contributed by atoms with Crippen LogP contribution in [0.3, 0.4) is 0 Å². The SMILES string of the molecule is Cc1nc(NN)c(C)c(N(C)C(C)c2ccc(Cl)cc2)n1. The number of nitrogens with one attached hydrogen (secondary N) is 1. The third-order valence-corrected chi connectivity index (χ3v) is 3.89. The molecular formula is C15H20ClN5. The van der Waals surface area contributed by atoms with E-state index in [4.69, 9.17) is 17.4 Å². The Morgan fingerprint density at radius 1 is 1.19 bits per heavy atom. The highest BCUT2D eigenvalue weighted by atomic mass is 35.5. The highest BCUT2D eigenvalue weighted by Gasteiger charge is 2.18. The van der Waals surface area contributed by atoms with Gasteiger partial charge in [0.15, 0.2) is 0 Å². The Morgan fingerprint density at radius 2 is 1.81 bits per heavy atom. The van der Waals surface area contributed by atoms with Gasteiger partial charge in [-0.15, -0.1) is 0 Å². The summed E-state index contributed by atoms with van der Waals surface area (Å²) in [5, 5.41) is 0.734. The van der Waals surface area contributed by atoms with E-state index in [0.29, 0.717) is 11.6 Å². The van der Waals surface area contributed by atoms with Crippen LogP contribution in [0.25, 0.3) is 0 Å². The summed E-state index contributed by atoms with van der Waals surface area (Å²) < 4.78 is 0. The molecule has 1 unspecified atom stereocenters. The van der Waals surface area contributed by atoms with Crippen LogP contribution in [0, 0.1) is 13.8 Å². The van der Waals surface area contributed by atoms with Gasteiger partial charge in [-0.3, -0.25) is 0 Å². The maximum absolute atomic E-state index is 5.94. The monoisotopic (exact) mass is 305 g/mol. The molecule has 6 heteroatoms. The number of hydrazine groups is 1. The second-order valence-electron chi connectivity index (χ2n) is 5.05. The van der Waals surface area contributed by atoms with E-state index < -0.39 is 0 Å². The molecule has 0 saturated carbocycles. The predicted molar refractivity (Wildman–Crippen MR) is 87.6 cm³/mol. The number of rotatable bonds is 4. The van der Waals surface area contributed by atoms with Gasteiger partial charge in [0.25, 0.3) is 0 Å². The molecule has 0 aliphatic rings. The van der Waals surface area contributed by atoms with Gasteiger partial charge in [0.05, 0.1) is 6.04 Å². The summed E-state index contributed by atoms with van der Waals surface area (Å²) in [5.41, 5.74) is 4.71. The lowest BCUT2D eigenvalue weighted by Gasteiger charge is -2.28. The standard InChI is InChI=1S/C15H20ClN5/c1-9-14(20-17)18-11(3)19-15(9)21(4)10(2)12-5-7-13(16)8-6-12/h5-8,10H,17H2,1-4H3,(H,18,19,20). The first-order valence-electron chi connectivity index (χ1n) is 6.74. The Morgan fingerprint density at radius 3 is 2.38 bits per heavy atom. The Labute approximate surface area is 130 Å². The molecule has 0 bridgehead atoms. The summed E-state index contributed by atoms with van der Waals surface area (Å²) in [4.78, 5) is 10.9. The summed E-state index contributed by atoms with van der Waals surface area (Å²) in [6.07, 6.45) is 0. The molecule has 0 radical (unpaired) electrons. The Hall–Kier alpha value is -1.85. The van der Waals surface area contributed by atoms with Crippen molar-refractivity contribution in [1.82, 2.24) is 9.97 Å². The normalized spacial score (nSPS) is 12.1. The molecule has 1 heterocycles. The van der Waals surface area contributed by atoms with Crippen molar-refractivity contribution in [1.29, 1.82) is 0 Å². The minimum atomic E-state index is 0.154. The molecule has 2 aromatic rings. The molecule has 3 N–H and O–H groups in total. The third-order valence-electron chi connectivity index (χ3n) is 3.64. The van der Waals surface area contributed by atoms with Crippen LogP contribution in [0.2, 0.25) is 5.02 Å². The number of hydrogen-bond acceptors (Lipinski definition) is 5. The number of aryl methyl sites for hydroxylation is 1. The molecule has 0 saturated heterocycles. The zero-order valence-corrected chi connectivity index (χ0v) is 13.4. The average Bonchev–Trinajstić information content (AvgIpc) is 2.48. The largest absolute Gasteiger partial charge is 0.353 e. The van der Waals surface area contributed by atoms with E-state index >= 15 is 0 Å². The van der Waals surface area contributed by atoms with Gasteiger partial charge in [-0.05, 0) is 38.5 Å². The second-order valence-corrected chi connectivity index (χ2v) is 5.49. The van der Waals surface area contributed by atoms with Gasteiger partial charge in [-0.25, -0.2) is 15.8 Å². The van der Waals surface area contributed by atoms with Gasteiger partial charge >= 0.3 is 0 Å². The van der Waals surface area contributed by atoms with Crippen LogP contribution in [-0.2, 0) is 0 Å². The van der Waals surface area contributed by atoms with Gasteiger partial charge < -0.3 is 10.3 Å². The molecular weight excluding hydrogens is 286 g/mol. The molecule has 0 spiro atoms. The zero-order chi connectivity index (χ0) is 15.6. The van der Waals surface area contributed by atoms with E-state index in [1.165, 1.54) is 5.56 Å². The van der Waals surface area contributed by atoms with Crippen LogP contribution in [0.5, 0.6) is 0 Å². The maximum atomic E-state index is 5.94. The van der Waals surface area contributed by atoms with E-state index in [2.05, 4.69) is 27.2 Å². The quantitative estimate of drug-likeness (QED) is 0.670. The predicted octanol–water partition coefficient (Wildman–Crippen LogP) is 3.23. The van der Waals surface area contributed by atoms with Gasteiger partial charge in [-0.2, -0.15) is 0 Å². The van der Waals surface area contributed by atoms with Crippen LogP contribution < -0.4 is 16.2 Å². The highest BCUT2D eigenvalue weighted by Crippen LogP contribution is 2.29. The fourth-order valence-electron chi connectivity index (χ4n) is 2.25. The highest BCUT2D eigenvalue weighted by molar-refractivity contribution is 6.30. The third kappa shape index (κ3) is 3.25. The Balaban J connectivity index is 2.37. The number of nitrogen functional groups attached to an aromatic ring is 1. The molecule has 2 rings (SSSR count). The first-order valence-corrected chi connectivity index (χ1v) is 7.12. The molecule has 1 aromatic carbocycles. The topological polar surface area (TPSA) is 67.1 Å². The summed E-state index contributed by atoms with van der Waals surface area (Å²) in [7, 11) is 2.01. The van der Waals surface area contributed by atoms with E-state index in [1.54, 1.807) is 0 Å². The molecule has 1 atom stereocenters. The number of anilines is 2. The molecule has 21 heavy (non-hydrogen) atoms. The van der Waals surface area contributed by atoms with Gasteiger partial charge in [0.1, 0.15) is 17.5 Å². The number of aromatic nitrogens is 2. The Bertz CT molecular complexity index is 627. The van der Waals surface area contributed by atoms with Crippen molar-refractivity contribution in [2.24, 2.45) is 5.84 Å². The smallest absolute Gasteiger partial charge is 0.148 e. The number of nitrogens with two attached hydrogens (primary N) is 1. The van der Waals surface area contributed by atoms with Crippen molar-refractivity contribution in [2.75, 3.05) is 17.4 Å². The van der Waals surface area contributed by atoms with Crippen molar-refractivity contribution in [3.05, 3.63) is 46.2 Å².